The van der Waals surface area contributed by atoms with Gasteiger partial charge in [-0.15, -0.1) is 0 Å². The van der Waals surface area contributed by atoms with Gasteiger partial charge in [0.2, 0.25) is 0 Å². The molecule has 0 atom stereocenters. The maximum Gasteiger partial charge on any atom is 0.181 e. The van der Waals surface area contributed by atoms with Crippen LogP contribution in [0.1, 0.15) is 0 Å². The van der Waals surface area contributed by atoms with Gasteiger partial charge in [0, 0.05) is 28.3 Å². The van der Waals surface area contributed by atoms with Crippen molar-refractivity contribution >= 4 is 60.7 Å². The molecule has 46 heavy (non-hydrogen) atoms. The number of nitrogens with zero attached hydrogens (tertiary/aromatic N) is 2. The van der Waals surface area contributed by atoms with Gasteiger partial charge >= 0.3 is 0 Å². The number of hydrogen-bond donors (Lipinski definition) is 0. The molecule has 0 unspecified atom stereocenters. The number of anilines is 3. The molecule has 0 radical (unpaired) electrons. The number of para-hydroxylation sites is 1. The highest BCUT2D eigenvalue weighted by molar-refractivity contribution is 6.09. The molecule has 3 heteroatoms. The molecule has 0 amide bonds. The fourth-order valence-corrected chi connectivity index (χ4v) is 6.73. The Balaban J connectivity index is 1.20. The standard InChI is InChI=1S/C43H28N2O/c1-3-13-35-29(9-1)11-7-16-37(35)31-19-23-33(24-20-31)45(43-42-40(27-28-44-43)39-15-5-6-18-41(39)46-42)34-25-21-32(22-26-34)38-17-8-12-30-10-2-4-14-36(30)38/h1-28H. The van der Waals surface area contributed by atoms with E-state index in [0.29, 0.717) is 0 Å². The smallest absolute Gasteiger partial charge is 0.181 e. The van der Waals surface area contributed by atoms with E-state index in [1.54, 1.807) is 0 Å². The van der Waals surface area contributed by atoms with Crippen molar-refractivity contribution in [3.63, 3.8) is 0 Å². The Labute approximate surface area is 266 Å². The largest absolute Gasteiger partial charge is 0.452 e. The number of rotatable bonds is 5. The molecule has 7 aromatic carbocycles. The van der Waals surface area contributed by atoms with Crippen LogP contribution in [0.25, 0.3) is 65.7 Å². The summed E-state index contributed by atoms with van der Waals surface area (Å²) in [6.45, 7) is 0. The van der Waals surface area contributed by atoms with Gasteiger partial charge in [0.15, 0.2) is 11.4 Å². The fraction of sp³-hybridized carbons (Fsp3) is 0. The molecule has 9 aromatic rings. The molecule has 9 rings (SSSR count). The van der Waals surface area contributed by atoms with E-state index in [1.165, 1.54) is 43.8 Å². The first kappa shape index (κ1) is 26.2. The number of benzene rings is 7. The molecule has 0 bridgehead atoms. The van der Waals surface area contributed by atoms with Crippen molar-refractivity contribution in [2.75, 3.05) is 4.90 Å². The topological polar surface area (TPSA) is 29.3 Å². The van der Waals surface area contributed by atoms with Crippen molar-refractivity contribution < 1.29 is 4.42 Å². The molecule has 216 valence electrons. The van der Waals surface area contributed by atoms with Crippen LogP contribution in [0.4, 0.5) is 17.2 Å². The van der Waals surface area contributed by atoms with E-state index in [0.717, 1.165) is 39.1 Å². The van der Waals surface area contributed by atoms with E-state index >= 15 is 0 Å². The van der Waals surface area contributed by atoms with E-state index in [-0.39, 0.29) is 0 Å². The highest BCUT2D eigenvalue weighted by Crippen LogP contribution is 2.42. The van der Waals surface area contributed by atoms with E-state index in [4.69, 9.17) is 9.40 Å². The minimum absolute atomic E-state index is 0.754. The summed E-state index contributed by atoms with van der Waals surface area (Å²) in [5.74, 6) is 0.754. The summed E-state index contributed by atoms with van der Waals surface area (Å²) >= 11 is 0. The molecule has 0 saturated heterocycles. The average Bonchev–Trinajstić information content (AvgIpc) is 3.52. The summed E-state index contributed by atoms with van der Waals surface area (Å²) in [5, 5.41) is 7.08. The lowest BCUT2D eigenvalue weighted by atomic mass is 9.97. The van der Waals surface area contributed by atoms with Gasteiger partial charge in [0.05, 0.1) is 0 Å². The van der Waals surface area contributed by atoms with E-state index in [2.05, 4.69) is 144 Å². The first-order chi connectivity index (χ1) is 22.8. The zero-order valence-corrected chi connectivity index (χ0v) is 25.0. The molecular weight excluding hydrogens is 560 g/mol. The van der Waals surface area contributed by atoms with Gasteiger partial charge in [-0.3, -0.25) is 4.90 Å². The molecule has 0 spiro atoms. The van der Waals surface area contributed by atoms with E-state index < -0.39 is 0 Å². The van der Waals surface area contributed by atoms with Crippen LogP contribution < -0.4 is 4.90 Å². The highest BCUT2D eigenvalue weighted by atomic mass is 16.3. The molecular formula is C43H28N2O. The van der Waals surface area contributed by atoms with Gasteiger partial charge in [-0.1, -0.05) is 127 Å². The third-order valence-electron chi connectivity index (χ3n) is 8.94. The third kappa shape index (κ3) is 4.33. The zero-order valence-electron chi connectivity index (χ0n) is 25.0. The molecule has 0 N–H and O–H groups in total. The molecule has 2 heterocycles. The van der Waals surface area contributed by atoms with Crippen LogP contribution in [0.15, 0.2) is 174 Å². The second-order valence-corrected chi connectivity index (χ2v) is 11.6. The maximum absolute atomic E-state index is 6.49. The van der Waals surface area contributed by atoms with Crippen LogP contribution in [-0.4, -0.2) is 4.98 Å². The van der Waals surface area contributed by atoms with Crippen molar-refractivity contribution in [3.8, 4) is 22.3 Å². The molecule has 0 aliphatic carbocycles. The number of fused-ring (bicyclic) bond motifs is 5. The summed E-state index contributed by atoms with van der Waals surface area (Å²) in [5.41, 5.74) is 8.39. The average molecular weight is 589 g/mol. The molecule has 3 nitrogen and oxygen atoms in total. The normalized spacial score (nSPS) is 11.5. The SMILES string of the molecule is c1ccc2c(-c3ccc(N(c4ccc(-c5cccc6ccccc56)cc4)c4nccc5c4oc4ccccc45)cc3)cccc2c1. The third-order valence-corrected chi connectivity index (χ3v) is 8.94. The second kappa shape index (κ2) is 10.8. The summed E-state index contributed by atoms with van der Waals surface area (Å²) < 4.78 is 6.49. The van der Waals surface area contributed by atoms with Gasteiger partial charge in [-0.25, -0.2) is 4.98 Å². The molecule has 0 aliphatic rings. The Morgan fingerprint density at radius 1 is 0.413 bits per heavy atom. The van der Waals surface area contributed by atoms with Crippen LogP contribution in [0.5, 0.6) is 0 Å². The van der Waals surface area contributed by atoms with Crippen molar-refractivity contribution in [1.82, 2.24) is 4.98 Å². The van der Waals surface area contributed by atoms with E-state index in [1.807, 2.05) is 30.5 Å². The monoisotopic (exact) mass is 588 g/mol. The molecule has 0 aliphatic heterocycles. The first-order valence-electron chi connectivity index (χ1n) is 15.5. The van der Waals surface area contributed by atoms with Gasteiger partial charge in [0.25, 0.3) is 0 Å². The van der Waals surface area contributed by atoms with Crippen molar-refractivity contribution in [2.45, 2.75) is 0 Å². The van der Waals surface area contributed by atoms with E-state index in [9.17, 15) is 0 Å². The predicted octanol–water partition coefficient (Wildman–Crippen LogP) is 12.1. The molecule has 0 saturated carbocycles. The highest BCUT2D eigenvalue weighted by Gasteiger charge is 2.21. The Morgan fingerprint density at radius 3 is 1.50 bits per heavy atom. The fourth-order valence-electron chi connectivity index (χ4n) is 6.73. The summed E-state index contributed by atoms with van der Waals surface area (Å²) in [7, 11) is 0. The summed E-state index contributed by atoms with van der Waals surface area (Å²) in [4.78, 5) is 7.13. The maximum atomic E-state index is 6.49. The Morgan fingerprint density at radius 2 is 0.913 bits per heavy atom. The first-order valence-corrected chi connectivity index (χ1v) is 15.5. The van der Waals surface area contributed by atoms with Crippen molar-refractivity contribution in [3.05, 3.63) is 170 Å². The minimum Gasteiger partial charge on any atom is -0.452 e. The Hall–Kier alpha value is -6.19. The van der Waals surface area contributed by atoms with Gasteiger partial charge in [-0.2, -0.15) is 0 Å². The van der Waals surface area contributed by atoms with Crippen LogP contribution in [0.3, 0.4) is 0 Å². The zero-order chi connectivity index (χ0) is 30.5. The lowest BCUT2D eigenvalue weighted by Gasteiger charge is -2.25. The minimum atomic E-state index is 0.754. The Bertz CT molecular complexity index is 2390. The lowest BCUT2D eigenvalue weighted by Crippen LogP contribution is -2.11. The molecule has 0 fully saturated rings. The Kier molecular flexibility index (Phi) is 6.14. The number of hydrogen-bond acceptors (Lipinski definition) is 3. The number of pyridine rings is 1. The van der Waals surface area contributed by atoms with Crippen molar-refractivity contribution in [2.24, 2.45) is 0 Å². The lowest BCUT2D eigenvalue weighted by molar-refractivity contribution is 0.667. The van der Waals surface area contributed by atoms with Crippen LogP contribution in [0.2, 0.25) is 0 Å². The quantitative estimate of drug-likeness (QED) is 0.200. The van der Waals surface area contributed by atoms with Gasteiger partial charge in [0.1, 0.15) is 5.58 Å². The van der Waals surface area contributed by atoms with Crippen LogP contribution in [-0.2, 0) is 0 Å². The summed E-state index contributed by atoms with van der Waals surface area (Å²) in [6, 6.07) is 57.8. The van der Waals surface area contributed by atoms with Crippen molar-refractivity contribution in [1.29, 1.82) is 0 Å². The number of furan rings is 1. The molecule has 2 aromatic heterocycles. The van der Waals surface area contributed by atoms with Gasteiger partial charge in [-0.05, 0) is 80.2 Å². The predicted molar refractivity (Wildman–Crippen MR) is 192 cm³/mol. The second-order valence-electron chi connectivity index (χ2n) is 11.6. The summed E-state index contributed by atoms with van der Waals surface area (Å²) in [6.07, 6.45) is 1.88. The van der Waals surface area contributed by atoms with Crippen LogP contribution in [0, 0.1) is 0 Å². The number of aromatic nitrogens is 1. The van der Waals surface area contributed by atoms with Gasteiger partial charge < -0.3 is 4.42 Å². The van der Waals surface area contributed by atoms with Crippen LogP contribution >= 0.6 is 0 Å².